The Bertz CT molecular complexity index is 2190. The van der Waals surface area contributed by atoms with E-state index in [1.807, 2.05) is 54.6 Å². The first-order valence-electron chi connectivity index (χ1n) is 15.1. The van der Waals surface area contributed by atoms with Gasteiger partial charge in [-0.2, -0.15) is 0 Å². The lowest BCUT2D eigenvalue weighted by atomic mass is 9.91. The number of methoxy groups -OCH3 is 1. The third kappa shape index (κ3) is 6.24. The van der Waals surface area contributed by atoms with Crippen LogP contribution in [0.3, 0.4) is 0 Å². The van der Waals surface area contributed by atoms with Crippen molar-refractivity contribution in [3.8, 4) is 11.3 Å². The fourth-order valence-corrected chi connectivity index (χ4v) is 6.68. The number of esters is 2. The highest BCUT2D eigenvalue weighted by molar-refractivity contribution is 7.07. The highest BCUT2D eigenvalue weighted by Gasteiger charge is 2.35. The van der Waals surface area contributed by atoms with Gasteiger partial charge in [0.05, 0.1) is 41.1 Å². The van der Waals surface area contributed by atoms with E-state index in [4.69, 9.17) is 30.5 Å². The Hall–Kier alpha value is -4.99. The molecule has 5 aromatic rings. The number of halogens is 1. The van der Waals surface area contributed by atoms with Gasteiger partial charge in [0.1, 0.15) is 11.5 Å². The summed E-state index contributed by atoms with van der Waals surface area (Å²) in [7, 11) is 1.30. The SMILES string of the molecule is CCOC(=O)C1=C(c2ccccc2)N=c2s/c(=C/c3ccc(-c4cc(Cl)ccc4C(=O)OC)o3)c(=O)n2[C@H]1c1ccc(C(C)C)cc1. The topological polar surface area (TPSA) is 100 Å². The van der Waals surface area contributed by atoms with Gasteiger partial charge < -0.3 is 13.9 Å². The molecule has 238 valence electrons. The van der Waals surface area contributed by atoms with Crippen LogP contribution in [-0.4, -0.2) is 30.2 Å². The van der Waals surface area contributed by atoms with Crippen LogP contribution < -0.4 is 14.9 Å². The zero-order chi connectivity index (χ0) is 33.2. The zero-order valence-electron chi connectivity index (χ0n) is 26.2. The summed E-state index contributed by atoms with van der Waals surface area (Å²) >= 11 is 7.43. The number of thiazole rings is 1. The Balaban J connectivity index is 1.54. The fraction of sp³-hybridized carbons (Fsp3) is 0.189. The maximum Gasteiger partial charge on any atom is 0.338 e. The van der Waals surface area contributed by atoms with E-state index in [9.17, 15) is 14.4 Å². The summed E-state index contributed by atoms with van der Waals surface area (Å²) in [5, 5.41) is 0.423. The highest BCUT2D eigenvalue weighted by Crippen LogP contribution is 2.36. The van der Waals surface area contributed by atoms with E-state index < -0.39 is 18.0 Å². The second-order valence-electron chi connectivity index (χ2n) is 11.1. The average Bonchev–Trinajstić information content (AvgIpc) is 3.68. The number of carbonyl (C=O) groups excluding carboxylic acids is 2. The number of hydrogen-bond acceptors (Lipinski definition) is 8. The maximum absolute atomic E-state index is 14.2. The van der Waals surface area contributed by atoms with E-state index in [-0.39, 0.29) is 17.7 Å². The van der Waals surface area contributed by atoms with E-state index in [0.717, 1.165) is 16.7 Å². The minimum atomic E-state index is -0.787. The molecule has 0 saturated heterocycles. The molecule has 8 nitrogen and oxygen atoms in total. The predicted octanol–water partition coefficient (Wildman–Crippen LogP) is 6.76. The minimum Gasteiger partial charge on any atom is -0.465 e. The Kier molecular flexibility index (Phi) is 9.11. The summed E-state index contributed by atoms with van der Waals surface area (Å²) in [6.45, 7) is 6.13. The van der Waals surface area contributed by atoms with Gasteiger partial charge in [0.15, 0.2) is 4.80 Å². The molecule has 6 rings (SSSR count). The molecule has 0 saturated carbocycles. The first kappa shape index (κ1) is 32.0. The van der Waals surface area contributed by atoms with E-state index in [1.54, 1.807) is 47.9 Å². The molecule has 2 aromatic heterocycles. The second-order valence-corrected chi connectivity index (χ2v) is 12.6. The molecule has 0 radical (unpaired) electrons. The molecule has 0 spiro atoms. The van der Waals surface area contributed by atoms with Crippen LogP contribution in [0.2, 0.25) is 5.02 Å². The molecule has 3 heterocycles. The number of furan rings is 1. The van der Waals surface area contributed by atoms with Crippen LogP contribution in [0.5, 0.6) is 0 Å². The summed E-state index contributed by atoms with van der Waals surface area (Å²) in [5.74, 6) is -0.00511. The molecule has 1 aliphatic heterocycles. The van der Waals surface area contributed by atoms with E-state index in [2.05, 4.69) is 13.8 Å². The molecule has 0 aliphatic carbocycles. The van der Waals surface area contributed by atoms with Crippen molar-refractivity contribution in [2.45, 2.75) is 32.7 Å². The molecule has 3 aromatic carbocycles. The number of nitrogens with zero attached hydrogens (tertiary/aromatic N) is 2. The van der Waals surface area contributed by atoms with Crippen LogP contribution in [0.4, 0.5) is 0 Å². The predicted molar refractivity (Wildman–Crippen MR) is 182 cm³/mol. The highest BCUT2D eigenvalue weighted by atomic mass is 35.5. The summed E-state index contributed by atoms with van der Waals surface area (Å²) < 4.78 is 18.5. The number of hydrogen-bond donors (Lipinski definition) is 0. The van der Waals surface area contributed by atoms with Gasteiger partial charge >= 0.3 is 11.9 Å². The van der Waals surface area contributed by atoms with Gasteiger partial charge in [-0.1, -0.05) is 91.4 Å². The van der Waals surface area contributed by atoms with Crippen molar-refractivity contribution in [3.63, 3.8) is 0 Å². The van der Waals surface area contributed by atoms with E-state index in [1.165, 1.54) is 18.4 Å². The first-order valence-corrected chi connectivity index (χ1v) is 16.3. The molecule has 47 heavy (non-hydrogen) atoms. The van der Waals surface area contributed by atoms with Gasteiger partial charge in [0.2, 0.25) is 0 Å². The van der Waals surface area contributed by atoms with Gasteiger partial charge in [-0.15, -0.1) is 0 Å². The van der Waals surface area contributed by atoms with Crippen LogP contribution >= 0.6 is 22.9 Å². The Morgan fingerprint density at radius 2 is 1.77 bits per heavy atom. The average molecular weight is 667 g/mol. The first-order chi connectivity index (χ1) is 22.7. The van der Waals surface area contributed by atoms with Crippen molar-refractivity contribution in [3.05, 3.63) is 143 Å². The molecule has 0 amide bonds. The summed E-state index contributed by atoms with van der Waals surface area (Å²) in [6, 6.07) is 24.8. The normalized spacial score (nSPS) is 14.6. The van der Waals surface area contributed by atoms with Crippen LogP contribution in [0.1, 0.15) is 65.5 Å². The fourth-order valence-electron chi connectivity index (χ4n) is 5.53. The molecular weight excluding hydrogens is 636 g/mol. The van der Waals surface area contributed by atoms with Crippen molar-refractivity contribution in [2.75, 3.05) is 13.7 Å². The second kappa shape index (κ2) is 13.4. The van der Waals surface area contributed by atoms with Gasteiger partial charge in [-0.3, -0.25) is 9.36 Å². The number of carbonyl (C=O) groups is 2. The number of ether oxygens (including phenoxy) is 2. The van der Waals surface area contributed by atoms with Crippen LogP contribution in [0, 0.1) is 0 Å². The summed E-state index contributed by atoms with van der Waals surface area (Å²) in [6.07, 6.45) is 1.63. The van der Waals surface area contributed by atoms with Crippen molar-refractivity contribution in [1.29, 1.82) is 0 Å². The Labute approximate surface area is 279 Å². The summed E-state index contributed by atoms with van der Waals surface area (Å²) in [5.41, 5.74) is 3.77. The quantitative estimate of drug-likeness (QED) is 0.170. The molecule has 1 atom stereocenters. The lowest BCUT2D eigenvalue weighted by Crippen LogP contribution is -2.40. The molecule has 0 unspecified atom stereocenters. The lowest BCUT2D eigenvalue weighted by Gasteiger charge is -2.26. The largest absolute Gasteiger partial charge is 0.465 e. The maximum atomic E-state index is 14.2. The third-order valence-electron chi connectivity index (χ3n) is 7.85. The van der Waals surface area contributed by atoms with Crippen LogP contribution in [0.25, 0.3) is 23.1 Å². The third-order valence-corrected chi connectivity index (χ3v) is 9.06. The van der Waals surface area contributed by atoms with Gasteiger partial charge in [0.25, 0.3) is 5.56 Å². The van der Waals surface area contributed by atoms with Crippen molar-refractivity contribution >= 4 is 46.6 Å². The zero-order valence-corrected chi connectivity index (χ0v) is 27.7. The number of aromatic nitrogens is 1. The smallest absolute Gasteiger partial charge is 0.338 e. The van der Waals surface area contributed by atoms with Gasteiger partial charge in [-0.05, 0) is 54.3 Å². The number of fused-ring (bicyclic) bond motifs is 1. The molecule has 0 bridgehead atoms. The molecule has 1 aliphatic rings. The van der Waals surface area contributed by atoms with Gasteiger partial charge in [0, 0.05) is 22.2 Å². The Morgan fingerprint density at radius 1 is 1.02 bits per heavy atom. The number of benzene rings is 3. The van der Waals surface area contributed by atoms with E-state index in [0.29, 0.717) is 48.6 Å². The van der Waals surface area contributed by atoms with Crippen molar-refractivity contribution in [1.82, 2.24) is 4.57 Å². The van der Waals surface area contributed by atoms with Crippen molar-refractivity contribution in [2.24, 2.45) is 4.99 Å². The van der Waals surface area contributed by atoms with Crippen LogP contribution in [-0.2, 0) is 14.3 Å². The minimum absolute atomic E-state index is 0.166. The standard InChI is InChI=1S/C37H31ClN2O6S/c1-5-45-36(43)31-32(23-9-7-6-8-10-23)39-37-40(33(31)24-13-11-22(12-14-24)21(2)3)34(41)30(47-37)20-26-16-18-29(46-26)28-19-25(38)15-17-27(28)35(42)44-4/h6-21,33H,5H2,1-4H3/b30-20+/t33-/m0/s1. The molecule has 10 heteroatoms. The van der Waals surface area contributed by atoms with Crippen molar-refractivity contribution < 1.29 is 23.5 Å². The summed E-state index contributed by atoms with van der Waals surface area (Å²) in [4.78, 5) is 45.7. The molecular formula is C37H31ClN2O6S. The van der Waals surface area contributed by atoms with Gasteiger partial charge in [-0.25, -0.2) is 14.6 Å². The molecule has 0 fully saturated rings. The van der Waals surface area contributed by atoms with E-state index >= 15 is 0 Å². The Morgan fingerprint density at radius 3 is 2.45 bits per heavy atom. The number of rotatable bonds is 8. The monoisotopic (exact) mass is 666 g/mol. The van der Waals surface area contributed by atoms with Crippen LogP contribution in [0.15, 0.2) is 105 Å². The lowest BCUT2D eigenvalue weighted by molar-refractivity contribution is -0.138. The molecule has 0 N–H and O–H groups in total.